The SMILES string of the molecule is CC(C)(C)c1cc(NC(=O)C2CC(=O)N2c2ccc(Cl)cc2)on1. The minimum absolute atomic E-state index is 0.106. The molecular formula is C17H18ClN3O3. The number of nitrogens with zero attached hydrogens (tertiary/aromatic N) is 2. The first-order valence-corrected chi connectivity index (χ1v) is 7.99. The molecule has 24 heavy (non-hydrogen) atoms. The lowest BCUT2D eigenvalue weighted by Crippen LogP contribution is -2.58. The van der Waals surface area contributed by atoms with Crippen molar-refractivity contribution in [2.24, 2.45) is 0 Å². The second-order valence-corrected chi connectivity index (χ2v) is 7.21. The lowest BCUT2D eigenvalue weighted by atomic mass is 9.92. The van der Waals surface area contributed by atoms with Gasteiger partial charge in [0, 0.05) is 22.2 Å². The minimum Gasteiger partial charge on any atom is -0.338 e. The maximum atomic E-state index is 12.4. The molecule has 1 aromatic carbocycles. The Morgan fingerprint density at radius 1 is 1.33 bits per heavy atom. The van der Waals surface area contributed by atoms with Gasteiger partial charge in [0.25, 0.3) is 0 Å². The summed E-state index contributed by atoms with van der Waals surface area (Å²) in [7, 11) is 0. The molecule has 1 fully saturated rings. The Labute approximate surface area is 144 Å². The zero-order valence-corrected chi connectivity index (χ0v) is 14.4. The van der Waals surface area contributed by atoms with E-state index in [1.165, 1.54) is 4.90 Å². The lowest BCUT2D eigenvalue weighted by Gasteiger charge is -2.38. The van der Waals surface area contributed by atoms with Crippen LogP contribution in [0.1, 0.15) is 32.9 Å². The van der Waals surface area contributed by atoms with Crippen LogP contribution in [0, 0.1) is 0 Å². The fraction of sp³-hybridized carbons (Fsp3) is 0.353. The number of hydrogen-bond acceptors (Lipinski definition) is 4. The highest BCUT2D eigenvalue weighted by molar-refractivity contribution is 6.30. The molecule has 2 heterocycles. The highest BCUT2D eigenvalue weighted by Crippen LogP contribution is 2.30. The summed E-state index contributed by atoms with van der Waals surface area (Å²) in [4.78, 5) is 25.8. The first-order chi connectivity index (χ1) is 11.3. The number of amides is 2. The summed E-state index contributed by atoms with van der Waals surface area (Å²) in [6.07, 6.45) is 0.161. The quantitative estimate of drug-likeness (QED) is 0.864. The normalized spacial score (nSPS) is 17.6. The van der Waals surface area contributed by atoms with E-state index in [9.17, 15) is 9.59 Å². The number of β-lactam (4-membered cyclic amide) rings is 1. The zero-order valence-electron chi connectivity index (χ0n) is 13.7. The zero-order chi connectivity index (χ0) is 17.5. The Kier molecular flexibility index (Phi) is 4.09. The molecule has 1 aliphatic rings. The summed E-state index contributed by atoms with van der Waals surface area (Å²) in [6.45, 7) is 6.01. The van der Waals surface area contributed by atoms with Crippen molar-refractivity contribution in [2.75, 3.05) is 10.2 Å². The number of hydrogen-bond donors (Lipinski definition) is 1. The molecule has 126 valence electrons. The summed E-state index contributed by atoms with van der Waals surface area (Å²) in [5.74, 6) is -0.132. The van der Waals surface area contributed by atoms with Crippen LogP contribution in [-0.2, 0) is 15.0 Å². The third-order valence-electron chi connectivity index (χ3n) is 3.88. The number of halogens is 1. The van der Waals surface area contributed by atoms with Crippen LogP contribution in [0.5, 0.6) is 0 Å². The average Bonchev–Trinajstić information content (AvgIpc) is 2.95. The van der Waals surface area contributed by atoms with E-state index in [2.05, 4.69) is 10.5 Å². The van der Waals surface area contributed by atoms with Gasteiger partial charge in [-0.1, -0.05) is 37.5 Å². The Bertz CT molecular complexity index is 777. The molecule has 0 saturated carbocycles. The van der Waals surface area contributed by atoms with E-state index in [0.717, 1.165) is 5.69 Å². The highest BCUT2D eigenvalue weighted by Gasteiger charge is 2.42. The molecule has 1 saturated heterocycles. The minimum atomic E-state index is -0.568. The van der Waals surface area contributed by atoms with Crippen molar-refractivity contribution in [3.8, 4) is 0 Å². The van der Waals surface area contributed by atoms with Gasteiger partial charge in [-0.25, -0.2) is 0 Å². The summed E-state index contributed by atoms with van der Waals surface area (Å²) in [5.41, 5.74) is 1.22. The summed E-state index contributed by atoms with van der Waals surface area (Å²) in [6, 6.07) is 7.93. The predicted molar refractivity (Wildman–Crippen MR) is 91.2 cm³/mol. The first kappa shape index (κ1) is 16.5. The van der Waals surface area contributed by atoms with Gasteiger partial charge in [0.15, 0.2) is 0 Å². The number of aromatic nitrogens is 1. The summed E-state index contributed by atoms with van der Waals surface area (Å²) in [5, 5.41) is 7.21. The van der Waals surface area contributed by atoms with E-state index in [4.69, 9.17) is 16.1 Å². The second kappa shape index (κ2) is 5.94. The Hall–Kier alpha value is -2.34. The van der Waals surface area contributed by atoms with Gasteiger partial charge < -0.3 is 4.52 Å². The van der Waals surface area contributed by atoms with Crippen molar-refractivity contribution in [3.63, 3.8) is 0 Å². The third-order valence-corrected chi connectivity index (χ3v) is 4.13. The third kappa shape index (κ3) is 3.14. The van der Waals surface area contributed by atoms with Crippen LogP contribution in [0.2, 0.25) is 5.02 Å². The topological polar surface area (TPSA) is 75.4 Å². The number of anilines is 2. The Morgan fingerprint density at radius 2 is 2.00 bits per heavy atom. The van der Waals surface area contributed by atoms with Gasteiger partial charge >= 0.3 is 0 Å². The van der Waals surface area contributed by atoms with Gasteiger partial charge in [0.2, 0.25) is 17.7 Å². The van der Waals surface area contributed by atoms with Gasteiger partial charge in [0.1, 0.15) is 6.04 Å². The number of benzene rings is 1. The van der Waals surface area contributed by atoms with Crippen LogP contribution in [0.15, 0.2) is 34.9 Å². The summed E-state index contributed by atoms with van der Waals surface area (Å²) >= 11 is 5.86. The standard InChI is InChI=1S/C17H18ClN3O3/c1-17(2,3)13-9-14(24-20-13)19-16(23)12-8-15(22)21(12)11-6-4-10(18)5-7-11/h4-7,9,12H,8H2,1-3H3,(H,19,23). The van der Waals surface area contributed by atoms with E-state index in [0.29, 0.717) is 10.7 Å². The van der Waals surface area contributed by atoms with Crippen LogP contribution in [0.25, 0.3) is 0 Å². The molecule has 2 amide bonds. The monoisotopic (exact) mass is 347 g/mol. The van der Waals surface area contributed by atoms with Gasteiger partial charge in [-0.3, -0.25) is 19.8 Å². The number of carbonyl (C=O) groups excluding carboxylic acids is 2. The van der Waals surface area contributed by atoms with Crippen LogP contribution in [0.3, 0.4) is 0 Å². The van der Waals surface area contributed by atoms with E-state index in [1.54, 1.807) is 30.3 Å². The molecule has 0 bridgehead atoms. The molecule has 1 atom stereocenters. The van der Waals surface area contributed by atoms with E-state index in [-0.39, 0.29) is 29.5 Å². The van der Waals surface area contributed by atoms with Crippen molar-refractivity contribution in [2.45, 2.75) is 38.6 Å². The van der Waals surface area contributed by atoms with Crippen LogP contribution in [-0.4, -0.2) is 23.0 Å². The maximum absolute atomic E-state index is 12.4. The largest absolute Gasteiger partial charge is 0.338 e. The average molecular weight is 348 g/mol. The second-order valence-electron chi connectivity index (χ2n) is 6.78. The van der Waals surface area contributed by atoms with Crippen molar-refractivity contribution in [3.05, 3.63) is 41.0 Å². The Morgan fingerprint density at radius 3 is 2.54 bits per heavy atom. The van der Waals surface area contributed by atoms with Gasteiger partial charge in [-0.05, 0) is 24.3 Å². The molecule has 1 aromatic heterocycles. The molecule has 7 heteroatoms. The maximum Gasteiger partial charge on any atom is 0.250 e. The van der Waals surface area contributed by atoms with Crippen molar-refractivity contribution in [1.29, 1.82) is 0 Å². The van der Waals surface area contributed by atoms with Crippen molar-refractivity contribution < 1.29 is 14.1 Å². The van der Waals surface area contributed by atoms with Gasteiger partial charge in [-0.2, -0.15) is 0 Å². The number of rotatable bonds is 3. The van der Waals surface area contributed by atoms with Crippen molar-refractivity contribution >= 4 is 35.0 Å². The Balaban J connectivity index is 1.72. The molecule has 3 rings (SSSR count). The highest BCUT2D eigenvalue weighted by atomic mass is 35.5. The fourth-order valence-corrected chi connectivity index (χ4v) is 2.57. The molecule has 6 nitrogen and oxygen atoms in total. The molecule has 0 aliphatic carbocycles. The van der Waals surface area contributed by atoms with Gasteiger partial charge in [-0.15, -0.1) is 0 Å². The van der Waals surface area contributed by atoms with Crippen LogP contribution in [0.4, 0.5) is 11.6 Å². The van der Waals surface area contributed by atoms with E-state index in [1.807, 2.05) is 20.8 Å². The molecule has 1 unspecified atom stereocenters. The molecule has 1 N–H and O–H groups in total. The van der Waals surface area contributed by atoms with Crippen LogP contribution >= 0.6 is 11.6 Å². The molecule has 0 radical (unpaired) electrons. The lowest BCUT2D eigenvalue weighted by molar-refractivity contribution is -0.131. The predicted octanol–water partition coefficient (Wildman–Crippen LogP) is 3.37. The van der Waals surface area contributed by atoms with Crippen molar-refractivity contribution in [1.82, 2.24) is 5.16 Å². The molecule has 0 spiro atoms. The van der Waals surface area contributed by atoms with E-state index < -0.39 is 6.04 Å². The smallest absolute Gasteiger partial charge is 0.250 e. The van der Waals surface area contributed by atoms with E-state index >= 15 is 0 Å². The summed E-state index contributed by atoms with van der Waals surface area (Å²) < 4.78 is 5.16. The molecule has 2 aromatic rings. The fourth-order valence-electron chi connectivity index (χ4n) is 2.44. The van der Waals surface area contributed by atoms with Crippen LogP contribution < -0.4 is 10.2 Å². The molecule has 1 aliphatic heterocycles. The molecular weight excluding hydrogens is 330 g/mol. The number of nitrogens with one attached hydrogen (secondary N) is 1. The number of carbonyl (C=O) groups is 2. The first-order valence-electron chi connectivity index (χ1n) is 7.61. The van der Waals surface area contributed by atoms with Gasteiger partial charge in [0.05, 0.1) is 12.1 Å².